The van der Waals surface area contributed by atoms with Crippen LogP contribution in [0.2, 0.25) is 0 Å². The third-order valence-electron chi connectivity index (χ3n) is 5.34. The summed E-state index contributed by atoms with van der Waals surface area (Å²) >= 11 is 2.26. The van der Waals surface area contributed by atoms with Gasteiger partial charge in [0.1, 0.15) is 5.82 Å². The Kier molecular flexibility index (Phi) is 5.41. The Hall–Kier alpha value is -2.85. The summed E-state index contributed by atoms with van der Waals surface area (Å²) in [7, 11) is 0. The Morgan fingerprint density at radius 2 is 1.81 bits per heavy atom. The van der Waals surface area contributed by atoms with Crippen molar-refractivity contribution in [3.8, 4) is 17.1 Å². The van der Waals surface area contributed by atoms with Crippen LogP contribution in [0.15, 0.2) is 61.1 Å². The molecule has 1 fully saturated rings. The van der Waals surface area contributed by atoms with Crippen LogP contribution in [0.5, 0.6) is 0 Å². The standard InChI is InChI=1S/C23H18FIN4O2/c24-19-4-2-1-3-17(19)16-12-26-23(27-13-16)29-14-20(25)18-6-5-15(11-21(18)29)22(30)28-7-9-31-10-8-28/h1-6,11-14H,7-10H2. The Bertz CT molecular complexity index is 1270. The molecule has 31 heavy (non-hydrogen) atoms. The van der Waals surface area contributed by atoms with Gasteiger partial charge in [-0.05, 0) is 40.8 Å². The fourth-order valence-corrected chi connectivity index (χ4v) is 4.45. The van der Waals surface area contributed by atoms with E-state index in [0.717, 1.165) is 14.5 Å². The molecule has 2 aromatic carbocycles. The van der Waals surface area contributed by atoms with Gasteiger partial charge in [-0.1, -0.05) is 24.3 Å². The zero-order valence-electron chi connectivity index (χ0n) is 16.5. The molecule has 5 rings (SSSR count). The average Bonchev–Trinajstić information content (AvgIpc) is 3.15. The highest BCUT2D eigenvalue weighted by atomic mass is 127. The van der Waals surface area contributed by atoms with Gasteiger partial charge in [0.15, 0.2) is 0 Å². The molecule has 0 atom stereocenters. The summed E-state index contributed by atoms with van der Waals surface area (Å²) in [6.45, 7) is 2.31. The first-order chi connectivity index (χ1) is 15.1. The third kappa shape index (κ3) is 3.81. The molecule has 0 radical (unpaired) electrons. The van der Waals surface area contributed by atoms with Crippen molar-refractivity contribution in [1.29, 1.82) is 0 Å². The van der Waals surface area contributed by atoms with Crippen LogP contribution in [0.4, 0.5) is 4.39 Å². The summed E-state index contributed by atoms with van der Waals surface area (Å²) in [5.41, 5.74) is 2.53. The maximum absolute atomic E-state index is 14.1. The Morgan fingerprint density at radius 3 is 2.55 bits per heavy atom. The number of ether oxygens (including phenoxy) is 1. The normalized spacial score (nSPS) is 14.2. The molecule has 1 aliphatic rings. The molecule has 4 aromatic rings. The predicted molar refractivity (Wildman–Crippen MR) is 124 cm³/mol. The SMILES string of the molecule is O=C(c1ccc2c(I)cn(-c3ncc(-c4ccccc4F)cn3)c2c1)N1CCOCC1. The van der Waals surface area contributed by atoms with Gasteiger partial charge in [-0.25, -0.2) is 14.4 Å². The molecule has 0 unspecified atom stereocenters. The van der Waals surface area contributed by atoms with E-state index in [1.165, 1.54) is 6.07 Å². The number of carbonyl (C=O) groups is 1. The van der Waals surface area contributed by atoms with Crippen molar-refractivity contribution in [3.63, 3.8) is 0 Å². The van der Waals surface area contributed by atoms with Crippen molar-refractivity contribution >= 4 is 39.4 Å². The number of fused-ring (bicyclic) bond motifs is 1. The van der Waals surface area contributed by atoms with Gasteiger partial charge in [-0.3, -0.25) is 9.36 Å². The van der Waals surface area contributed by atoms with Crippen LogP contribution < -0.4 is 0 Å². The van der Waals surface area contributed by atoms with Crippen LogP contribution in [-0.2, 0) is 4.74 Å². The van der Waals surface area contributed by atoms with E-state index in [-0.39, 0.29) is 11.7 Å². The lowest BCUT2D eigenvalue weighted by Gasteiger charge is -2.26. The maximum atomic E-state index is 14.1. The zero-order valence-corrected chi connectivity index (χ0v) is 18.6. The first-order valence-corrected chi connectivity index (χ1v) is 10.9. The fraction of sp³-hybridized carbons (Fsp3) is 0.174. The van der Waals surface area contributed by atoms with Crippen LogP contribution in [0.25, 0.3) is 28.0 Å². The fourth-order valence-electron chi connectivity index (χ4n) is 3.71. The number of rotatable bonds is 3. The second-order valence-corrected chi connectivity index (χ2v) is 8.40. The number of amides is 1. The summed E-state index contributed by atoms with van der Waals surface area (Å²) in [5.74, 6) is 0.138. The molecule has 0 spiro atoms. The van der Waals surface area contributed by atoms with Crippen LogP contribution >= 0.6 is 22.6 Å². The first-order valence-electron chi connectivity index (χ1n) is 9.87. The highest BCUT2D eigenvalue weighted by Crippen LogP contribution is 2.27. The van der Waals surface area contributed by atoms with E-state index in [1.54, 1.807) is 30.6 Å². The summed E-state index contributed by atoms with van der Waals surface area (Å²) in [5, 5.41) is 1.01. The van der Waals surface area contributed by atoms with Gasteiger partial charge in [-0.15, -0.1) is 0 Å². The number of carbonyl (C=O) groups excluding carboxylic acids is 1. The van der Waals surface area contributed by atoms with Gasteiger partial charge in [-0.2, -0.15) is 0 Å². The second kappa shape index (κ2) is 8.35. The molecule has 0 aliphatic carbocycles. The lowest BCUT2D eigenvalue weighted by Crippen LogP contribution is -2.40. The second-order valence-electron chi connectivity index (χ2n) is 7.24. The van der Waals surface area contributed by atoms with Crippen LogP contribution in [0, 0.1) is 9.39 Å². The van der Waals surface area contributed by atoms with E-state index in [2.05, 4.69) is 32.6 Å². The monoisotopic (exact) mass is 528 g/mol. The quantitative estimate of drug-likeness (QED) is 0.372. The van der Waals surface area contributed by atoms with Gasteiger partial charge in [0.25, 0.3) is 5.91 Å². The van der Waals surface area contributed by atoms with Crippen molar-refractivity contribution in [2.24, 2.45) is 0 Å². The van der Waals surface area contributed by atoms with Crippen LogP contribution in [-0.4, -0.2) is 51.6 Å². The van der Waals surface area contributed by atoms with Crippen molar-refractivity contribution < 1.29 is 13.9 Å². The molecule has 1 saturated heterocycles. The Labute approximate surface area is 191 Å². The number of aromatic nitrogens is 3. The van der Waals surface area contributed by atoms with E-state index in [1.807, 2.05) is 33.9 Å². The Balaban J connectivity index is 1.52. The minimum Gasteiger partial charge on any atom is -0.378 e. The zero-order chi connectivity index (χ0) is 21.4. The minimum atomic E-state index is -0.314. The predicted octanol–water partition coefficient (Wildman–Crippen LogP) is 4.30. The van der Waals surface area contributed by atoms with Gasteiger partial charge in [0.05, 0.1) is 18.7 Å². The van der Waals surface area contributed by atoms with Gasteiger partial charge >= 0.3 is 0 Å². The summed E-state index contributed by atoms with van der Waals surface area (Å²) in [4.78, 5) is 23.7. The van der Waals surface area contributed by atoms with E-state index < -0.39 is 0 Å². The summed E-state index contributed by atoms with van der Waals surface area (Å²) < 4.78 is 22.3. The molecule has 0 N–H and O–H groups in total. The summed E-state index contributed by atoms with van der Waals surface area (Å²) in [6.07, 6.45) is 5.16. The molecule has 0 bridgehead atoms. The van der Waals surface area contributed by atoms with Crippen molar-refractivity contribution in [2.45, 2.75) is 0 Å². The third-order valence-corrected chi connectivity index (χ3v) is 6.20. The number of halogens is 2. The largest absolute Gasteiger partial charge is 0.378 e. The molecular formula is C23H18FIN4O2. The van der Waals surface area contributed by atoms with Gasteiger partial charge in [0, 0.05) is 57.3 Å². The van der Waals surface area contributed by atoms with Crippen molar-refractivity contribution in [3.05, 3.63) is 76.0 Å². The van der Waals surface area contributed by atoms with E-state index >= 15 is 0 Å². The number of morpholine rings is 1. The number of nitrogens with zero attached hydrogens (tertiary/aromatic N) is 4. The number of hydrogen-bond donors (Lipinski definition) is 0. The average molecular weight is 528 g/mol. The van der Waals surface area contributed by atoms with Gasteiger partial charge in [0.2, 0.25) is 5.95 Å². The molecule has 156 valence electrons. The minimum absolute atomic E-state index is 0.0104. The topological polar surface area (TPSA) is 60.2 Å². The molecule has 0 saturated carbocycles. The van der Waals surface area contributed by atoms with Crippen LogP contribution in [0.3, 0.4) is 0 Å². The Morgan fingerprint density at radius 1 is 1.06 bits per heavy atom. The lowest BCUT2D eigenvalue weighted by atomic mass is 10.1. The molecule has 2 aromatic heterocycles. The number of benzene rings is 2. The van der Waals surface area contributed by atoms with E-state index in [9.17, 15) is 9.18 Å². The lowest BCUT2D eigenvalue weighted by molar-refractivity contribution is 0.0303. The highest BCUT2D eigenvalue weighted by molar-refractivity contribution is 14.1. The van der Waals surface area contributed by atoms with Gasteiger partial charge < -0.3 is 9.64 Å². The highest BCUT2D eigenvalue weighted by Gasteiger charge is 2.20. The van der Waals surface area contributed by atoms with Crippen molar-refractivity contribution in [1.82, 2.24) is 19.4 Å². The van der Waals surface area contributed by atoms with E-state index in [4.69, 9.17) is 4.74 Å². The molecular weight excluding hydrogens is 510 g/mol. The smallest absolute Gasteiger partial charge is 0.254 e. The molecule has 8 heteroatoms. The molecule has 1 aliphatic heterocycles. The number of hydrogen-bond acceptors (Lipinski definition) is 4. The van der Waals surface area contributed by atoms with E-state index in [0.29, 0.717) is 48.9 Å². The first kappa shape index (κ1) is 20.1. The van der Waals surface area contributed by atoms with Crippen LogP contribution in [0.1, 0.15) is 10.4 Å². The maximum Gasteiger partial charge on any atom is 0.254 e. The molecule has 6 nitrogen and oxygen atoms in total. The molecule has 3 heterocycles. The summed E-state index contributed by atoms with van der Waals surface area (Å²) in [6, 6.07) is 12.2. The van der Waals surface area contributed by atoms with Crippen molar-refractivity contribution in [2.75, 3.05) is 26.3 Å². The molecule has 1 amide bonds.